The van der Waals surface area contributed by atoms with Crippen LogP contribution in [0.2, 0.25) is 0 Å². The van der Waals surface area contributed by atoms with Gasteiger partial charge in [-0.15, -0.1) is 11.8 Å². The zero-order valence-electron chi connectivity index (χ0n) is 15.5. The average molecular weight is 377 g/mol. The second kappa shape index (κ2) is 8.44. The number of carbonyl (C=O) groups excluding carboxylic acids is 1. The highest BCUT2D eigenvalue weighted by Gasteiger charge is 2.37. The predicted molar refractivity (Wildman–Crippen MR) is 104 cm³/mol. The van der Waals surface area contributed by atoms with Gasteiger partial charge < -0.3 is 10.4 Å². The smallest absolute Gasteiger partial charge is 0.317 e. The Morgan fingerprint density at radius 2 is 1.88 bits per heavy atom. The van der Waals surface area contributed by atoms with Crippen LogP contribution >= 0.6 is 11.8 Å². The molecule has 2 aliphatic rings. The van der Waals surface area contributed by atoms with Gasteiger partial charge in [-0.3, -0.25) is 14.5 Å². The van der Waals surface area contributed by atoms with Crippen LogP contribution in [0.3, 0.4) is 0 Å². The molecule has 0 saturated heterocycles. The van der Waals surface area contributed by atoms with E-state index in [0.29, 0.717) is 16.7 Å². The molecule has 3 rings (SSSR count). The third kappa shape index (κ3) is 5.48. The average Bonchev–Trinajstić information content (AvgIpc) is 3.33. The first-order valence-electron chi connectivity index (χ1n) is 9.44. The third-order valence-corrected chi connectivity index (χ3v) is 6.00. The number of carboxylic acids is 1. The van der Waals surface area contributed by atoms with Crippen LogP contribution in [0.5, 0.6) is 0 Å². The van der Waals surface area contributed by atoms with Crippen molar-refractivity contribution in [3.63, 3.8) is 0 Å². The van der Waals surface area contributed by atoms with Gasteiger partial charge in [0.2, 0.25) is 0 Å². The molecular weight excluding hydrogens is 348 g/mol. The fraction of sp³-hybridized carbons (Fsp3) is 0.600. The largest absolute Gasteiger partial charge is 0.480 e. The van der Waals surface area contributed by atoms with E-state index in [9.17, 15) is 9.59 Å². The number of carboxylic acid groups (broad SMARTS) is 1. The quantitative estimate of drug-likeness (QED) is 0.648. The van der Waals surface area contributed by atoms with E-state index < -0.39 is 5.97 Å². The highest BCUT2D eigenvalue weighted by Crippen LogP contribution is 2.34. The van der Waals surface area contributed by atoms with Gasteiger partial charge in [0.15, 0.2) is 0 Å². The van der Waals surface area contributed by atoms with Crippen LogP contribution in [0.25, 0.3) is 0 Å². The topological polar surface area (TPSA) is 69.6 Å². The van der Waals surface area contributed by atoms with E-state index in [1.807, 2.05) is 24.3 Å². The standard InChI is InChI=1S/C20H28N2O3S/c1-13(2)26-18-7-5-15(6-8-18)20(25)21-16-9-17(10-16)22(12-19(23)24)11-14-3-4-14/h5-8,13-14,16-17H,3-4,9-12H2,1-2H3,(H,21,25)(H,23,24). The maximum absolute atomic E-state index is 12.4. The molecule has 2 fully saturated rings. The lowest BCUT2D eigenvalue weighted by Crippen LogP contribution is -2.55. The van der Waals surface area contributed by atoms with Crippen molar-refractivity contribution >= 4 is 23.6 Å². The Morgan fingerprint density at radius 1 is 1.23 bits per heavy atom. The first-order chi connectivity index (χ1) is 12.4. The number of aliphatic carboxylic acids is 1. The monoisotopic (exact) mass is 376 g/mol. The van der Waals surface area contributed by atoms with Gasteiger partial charge in [0.25, 0.3) is 5.91 Å². The van der Waals surface area contributed by atoms with Crippen molar-refractivity contribution in [2.24, 2.45) is 5.92 Å². The molecule has 6 heteroatoms. The highest BCUT2D eigenvalue weighted by atomic mass is 32.2. The Labute approximate surface area is 159 Å². The van der Waals surface area contributed by atoms with Gasteiger partial charge in [-0.05, 0) is 55.9 Å². The Hall–Kier alpha value is -1.53. The van der Waals surface area contributed by atoms with Crippen molar-refractivity contribution in [3.8, 4) is 0 Å². The third-order valence-electron chi connectivity index (χ3n) is 4.98. The minimum atomic E-state index is -0.766. The van der Waals surface area contributed by atoms with Crippen molar-refractivity contribution in [1.82, 2.24) is 10.2 Å². The van der Waals surface area contributed by atoms with Crippen LogP contribution in [0, 0.1) is 5.92 Å². The summed E-state index contributed by atoms with van der Waals surface area (Å²) in [5.41, 5.74) is 0.682. The fourth-order valence-corrected chi connectivity index (χ4v) is 4.22. The summed E-state index contributed by atoms with van der Waals surface area (Å²) in [5, 5.41) is 12.7. The molecule has 142 valence electrons. The molecular formula is C20H28N2O3S. The molecule has 1 amide bonds. The number of hydrogen-bond acceptors (Lipinski definition) is 4. The zero-order valence-corrected chi connectivity index (χ0v) is 16.3. The highest BCUT2D eigenvalue weighted by molar-refractivity contribution is 7.99. The molecule has 0 bridgehead atoms. The molecule has 0 heterocycles. The molecule has 0 aromatic heterocycles. The van der Waals surface area contributed by atoms with Crippen molar-refractivity contribution in [1.29, 1.82) is 0 Å². The van der Waals surface area contributed by atoms with Gasteiger partial charge in [-0.1, -0.05) is 13.8 Å². The molecule has 2 saturated carbocycles. The summed E-state index contributed by atoms with van der Waals surface area (Å²) in [7, 11) is 0. The van der Waals surface area contributed by atoms with Gasteiger partial charge in [0.1, 0.15) is 0 Å². The van der Waals surface area contributed by atoms with E-state index >= 15 is 0 Å². The van der Waals surface area contributed by atoms with Crippen molar-refractivity contribution in [2.45, 2.75) is 61.8 Å². The molecule has 26 heavy (non-hydrogen) atoms. The number of nitrogens with zero attached hydrogens (tertiary/aromatic N) is 1. The molecule has 2 N–H and O–H groups in total. The predicted octanol–water partition coefficient (Wildman–Crippen LogP) is 3.24. The summed E-state index contributed by atoms with van der Waals surface area (Å²) in [6, 6.07) is 8.16. The Morgan fingerprint density at radius 3 is 2.42 bits per heavy atom. The Kier molecular flexibility index (Phi) is 6.24. The normalized spacial score (nSPS) is 22.3. The first kappa shape index (κ1) is 19.2. The lowest BCUT2D eigenvalue weighted by Gasteiger charge is -2.42. The molecule has 0 radical (unpaired) electrons. The molecule has 0 spiro atoms. The minimum absolute atomic E-state index is 0.0403. The van der Waals surface area contributed by atoms with E-state index in [2.05, 4.69) is 24.1 Å². The van der Waals surface area contributed by atoms with E-state index in [0.717, 1.165) is 19.4 Å². The first-order valence-corrected chi connectivity index (χ1v) is 10.3. The lowest BCUT2D eigenvalue weighted by atomic mass is 9.85. The number of thioether (sulfide) groups is 1. The molecule has 0 unspecified atom stereocenters. The van der Waals surface area contributed by atoms with E-state index in [-0.39, 0.29) is 24.5 Å². The van der Waals surface area contributed by atoms with Crippen LogP contribution in [0.1, 0.15) is 49.9 Å². The van der Waals surface area contributed by atoms with Gasteiger partial charge in [0.05, 0.1) is 6.54 Å². The van der Waals surface area contributed by atoms with Crippen LogP contribution in [0.4, 0.5) is 0 Å². The van der Waals surface area contributed by atoms with Gasteiger partial charge in [-0.2, -0.15) is 0 Å². The number of rotatable bonds is 9. The number of amides is 1. The van der Waals surface area contributed by atoms with Crippen molar-refractivity contribution in [2.75, 3.05) is 13.1 Å². The molecule has 1 aromatic carbocycles. The fourth-order valence-electron chi connectivity index (χ4n) is 3.38. The minimum Gasteiger partial charge on any atom is -0.480 e. The van der Waals surface area contributed by atoms with Gasteiger partial charge >= 0.3 is 5.97 Å². The van der Waals surface area contributed by atoms with Gasteiger partial charge in [0, 0.05) is 34.3 Å². The van der Waals surface area contributed by atoms with Crippen LogP contribution in [-0.4, -0.2) is 52.3 Å². The summed E-state index contributed by atoms with van der Waals surface area (Å²) >= 11 is 1.78. The maximum atomic E-state index is 12.4. The van der Waals surface area contributed by atoms with Crippen molar-refractivity contribution in [3.05, 3.63) is 29.8 Å². The van der Waals surface area contributed by atoms with E-state index in [1.165, 1.54) is 17.7 Å². The van der Waals surface area contributed by atoms with Crippen LogP contribution < -0.4 is 5.32 Å². The number of hydrogen-bond donors (Lipinski definition) is 2. The second-order valence-corrected chi connectivity index (χ2v) is 9.40. The zero-order chi connectivity index (χ0) is 18.7. The number of carbonyl (C=O) groups is 2. The summed E-state index contributed by atoms with van der Waals surface area (Å²) in [6.07, 6.45) is 4.11. The van der Waals surface area contributed by atoms with Crippen molar-refractivity contribution < 1.29 is 14.7 Å². The number of nitrogens with one attached hydrogen (secondary N) is 1. The summed E-state index contributed by atoms with van der Waals surface area (Å²) in [6.45, 7) is 5.29. The van der Waals surface area contributed by atoms with Gasteiger partial charge in [-0.25, -0.2) is 0 Å². The van der Waals surface area contributed by atoms with Crippen LogP contribution in [-0.2, 0) is 4.79 Å². The van der Waals surface area contributed by atoms with Crippen LogP contribution in [0.15, 0.2) is 29.2 Å². The second-order valence-electron chi connectivity index (χ2n) is 7.75. The Bertz CT molecular complexity index is 637. The van der Waals surface area contributed by atoms with E-state index in [4.69, 9.17) is 5.11 Å². The van der Waals surface area contributed by atoms with E-state index in [1.54, 1.807) is 11.8 Å². The lowest BCUT2D eigenvalue weighted by molar-refractivity contribution is -0.139. The SMILES string of the molecule is CC(C)Sc1ccc(C(=O)NC2CC(N(CC(=O)O)CC3CC3)C2)cc1. The molecule has 2 aliphatic carbocycles. The maximum Gasteiger partial charge on any atom is 0.317 e. The summed E-state index contributed by atoms with van der Waals surface area (Å²) in [4.78, 5) is 26.7. The molecule has 0 atom stereocenters. The molecule has 5 nitrogen and oxygen atoms in total. The number of benzene rings is 1. The summed E-state index contributed by atoms with van der Waals surface area (Å²) in [5.74, 6) is -0.135. The Balaban J connectivity index is 1.46. The molecule has 1 aromatic rings. The summed E-state index contributed by atoms with van der Waals surface area (Å²) < 4.78 is 0. The molecule has 0 aliphatic heterocycles.